The molecule has 118 valence electrons. The summed E-state index contributed by atoms with van der Waals surface area (Å²) in [5, 5.41) is 0. The lowest BCUT2D eigenvalue weighted by molar-refractivity contribution is -0.186. The monoisotopic (exact) mass is 300 g/mol. The first kappa shape index (κ1) is 16.3. The summed E-state index contributed by atoms with van der Waals surface area (Å²) in [6, 6.07) is 7.85. The van der Waals surface area contributed by atoms with Crippen LogP contribution in [0.1, 0.15) is 36.8 Å². The van der Waals surface area contributed by atoms with E-state index in [1.807, 2.05) is 31.2 Å². The molecule has 1 aliphatic rings. The third kappa shape index (κ3) is 4.20. The van der Waals surface area contributed by atoms with Gasteiger partial charge in [0, 0.05) is 6.04 Å². The number of hydrazine groups is 1. The predicted octanol–water partition coefficient (Wildman–Crippen LogP) is 3.74. The maximum atomic E-state index is 12.9. The summed E-state index contributed by atoms with van der Waals surface area (Å²) in [7, 11) is 0. The normalized spacial score (nSPS) is 24.8. The standard InChI is InChI=1S/C16H23F3N2/c1-11-5-2-3-6-12(11)10-15(21-20)13-7-4-8-14(9-13)16(17,18)19/h2-3,5-6,13-15,21H,4,7-10,20H2,1H3. The molecule has 0 bridgehead atoms. The third-order valence-electron chi connectivity index (χ3n) is 4.66. The van der Waals surface area contributed by atoms with Gasteiger partial charge in [-0.3, -0.25) is 11.3 Å². The van der Waals surface area contributed by atoms with Crippen LogP contribution in [0, 0.1) is 18.8 Å². The van der Waals surface area contributed by atoms with E-state index in [9.17, 15) is 13.2 Å². The van der Waals surface area contributed by atoms with Crippen LogP contribution >= 0.6 is 0 Å². The molecule has 1 aliphatic carbocycles. The molecule has 2 rings (SSSR count). The first-order valence-electron chi connectivity index (χ1n) is 7.49. The lowest BCUT2D eigenvalue weighted by Crippen LogP contribution is -2.45. The van der Waals surface area contributed by atoms with E-state index in [0.717, 1.165) is 17.5 Å². The highest BCUT2D eigenvalue weighted by Gasteiger charge is 2.43. The van der Waals surface area contributed by atoms with Crippen LogP contribution in [0.5, 0.6) is 0 Å². The van der Waals surface area contributed by atoms with Gasteiger partial charge in [-0.2, -0.15) is 13.2 Å². The van der Waals surface area contributed by atoms with Gasteiger partial charge in [0.2, 0.25) is 0 Å². The summed E-state index contributed by atoms with van der Waals surface area (Å²) in [5.41, 5.74) is 5.05. The first-order valence-corrected chi connectivity index (χ1v) is 7.49. The van der Waals surface area contributed by atoms with Gasteiger partial charge in [-0.05, 0) is 49.7 Å². The zero-order valence-corrected chi connectivity index (χ0v) is 12.3. The second-order valence-corrected chi connectivity index (χ2v) is 6.07. The Morgan fingerprint density at radius 1 is 1.29 bits per heavy atom. The quantitative estimate of drug-likeness (QED) is 0.656. The predicted molar refractivity (Wildman–Crippen MR) is 77.5 cm³/mol. The van der Waals surface area contributed by atoms with E-state index < -0.39 is 12.1 Å². The fourth-order valence-electron chi connectivity index (χ4n) is 3.33. The van der Waals surface area contributed by atoms with Crippen LogP contribution in [0.25, 0.3) is 0 Å². The van der Waals surface area contributed by atoms with E-state index >= 15 is 0 Å². The molecule has 1 aromatic rings. The van der Waals surface area contributed by atoms with Crippen molar-refractivity contribution in [2.24, 2.45) is 17.7 Å². The SMILES string of the molecule is Cc1ccccc1CC(NN)C1CCCC(C(F)(F)F)C1. The molecule has 1 aromatic carbocycles. The van der Waals surface area contributed by atoms with Crippen molar-refractivity contribution in [3.63, 3.8) is 0 Å². The van der Waals surface area contributed by atoms with E-state index in [1.165, 1.54) is 0 Å². The topological polar surface area (TPSA) is 38.0 Å². The number of nitrogens with one attached hydrogen (secondary N) is 1. The number of nitrogens with two attached hydrogens (primary N) is 1. The largest absolute Gasteiger partial charge is 0.391 e. The van der Waals surface area contributed by atoms with Crippen LogP contribution in [0.3, 0.4) is 0 Å². The van der Waals surface area contributed by atoms with Gasteiger partial charge < -0.3 is 0 Å². The van der Waals surface area contributed by atoms with Crippen molar-refractivity contribution in [2.45, 2.75) is 51.2 Å². The molecule has 1 saturated carbocycles. The van der Waals surface area contributed by atoms with Crippen molar-refractivity contribution in [2.75, 3.05) is 0 Å². The van der Waals surface area contributed by atoms with Crippen molar-refractivity contribution in [3.8, 4) is 0 Å². The molecule has 3 atom stereocenters. The Kier molecular flexibility index (Phi) is 5.27. The lowest BCUT2D eigenvalue weighted by Gasteiger charge is -2.35. The lowest BCUT2D eigenvalue weighted by atomic mass is 9.76. The van der Waals surface area contributed by atoms with Gasteiger partial charge in [0.05, 0.1) is 5.92 Å². The average molecular weight is 300 g/mol. The Labute approximate surface area is 123 Å². The van der Waals surface area contributed by atoms with E-state index in [4.69, 9.17) is 5.84 Å². The zero-order chi connectivity index (χ0) is 15.5. The molecule has 21 heavy (non-hydrogen) atoms. The second kappa shape index (κ2) is 6.79. The molecule has 0 saturated heterocycles. The Morgan fingerprint density at radius 3 is 2.62 bits per heavy atom. The van der Waals surface area contributed by atoms with Crippen molar-refractivity contribution in [3.05, 3.63) is 35.4 Å². The van der Waals surface area contributed by atoms with Gasteiger partial charge in [-0.25, -0.2) is 0 Å². The van der Waals surface area contributed by atoms with Crippen molar-refractivity contribution >= 4 is 0 Å². The molecular formula is C16H23F3N2. The van der Waals surface area contributed by atoms with Crippen LogP contribution in [-0.2, 0) is 6.42 Å². The van der Waals surface area contributed by atoms with Gasteiger partial charge in [0.1, 0.15) is 0 Å². The molecular weight excluding hydrogens is 277 g/mol. The fourth-order valence-corrected chi connectivity index (χ4v) is 3.33. The number of rotatable bonds is 4. The number of halogens is 3. The smallest absolute Gasteiger partial charge is 0.271 e. The Bertz CT molecular complexity index is 459. The molecule has 1 fully saturated rings. The van der Waals surface area contributed by atoms with Gasteiger partial charge in [-0.15, -0.1) is 0 Å². The minimum absolute atomic E-state index is 0.0185. The molecule has 5 heteroatoms. The van der Waals surface area contributed by atoms with Gasteiger partial charge in [0.15, 0.2) is 0 Å². The highest BCUT2D eigenvalue weighted by molar-refractivity contribution is 5.26. The summed E-state index contributed by atoms with van der Waals surface area (Å²) in [6.07, 6.45) is -1.53. The fraction of sp³-hybridized carbons (Fsp3) is 0.625. The summed E-state index contributed by atoms with van der Waals surface area (Å²) in [5.74, 6) is 4.43. The van der Waals surface area contributed by atoms with E-state index in [2.05, 4.69) is 5.43 Å². The average Bonchev–Trinajstić information content (AvgIpc) is 2.46. The molecule has 0 aromatic heterocycles. The molecule has 3 N–H and O–H groups in total. The van der Waals surface area contributed by atoms with E-state index in [1.54, 1.807) is 0 Å². The van der Waals surface area contributed by atoms with Crippen LogP contribution in [0.2, 0.25) is 0 Å². The number of hydrogen-bond donors (Lipinski definition) is 2. The van der Waals surface area contributed by atoms with Crippen molar-refractivity contribution in [1.29, 1.82) is 0 Å². The van der Waals surface area contributed by atoms with Crippen LogP contribution in [-0.4, -0.2) is 12.2 Å². The number of aryl methyl sites for hydroxylation is 1. The molecule has 0 aliphatic heterocycles. The van der Waals surface area contributed by atoms with E-state index in [0.29, 0.717) is 12.8 Å². The van der Waals surface area contributed by atoms with Crippen LogP contribution in [0.15, 0.2) is 24.3 Å². The van der Waals surface area contributed by atoms with Crippen LogP contribution in [0.4, 0.5) is 13.2 Å². The Balaban J connectivity index is 2.05. The second-order valence-electron chi connectivity index (χ2n) is 6.07. The number of hydrogen-bond acceptors (Lipinski definition) is 2. The van der Waals surface area contributed by atoms with Crippen molar-refractivity contribution in [1.82, 2.24) is 5.43 Å². The van der Waals surface area contributed by atoms with Gasteiger partial charge >= 0.3 is 6.18 Å². The molecule has 3 unspecified atom stereocenters. The highest BCUT2D eigenvalue weighted by Crippen LogP contribution is 2.41. The molecule has 0 heterocycles. The minimum Gasteiger partial charge on any atom is -0.271 e. The minimum atomic E-state index is -4.08. The summed E-state index contributed by atoms with van der Waals surface area (Å²) >= 11 is 0. The maximum Gasteiger partial charge on any atom is 0.391 e. The Morgan fingerprint density at radius 2 is 2.00 bits per heavy atom. The zero-order valence-electron chi connectivity index (χ0n) is 12.3. The molecule has 0 spiro atoms. The maximum absolute atomic E-state index is 12.9. The molecule has 2 nitrogen and oxygen atoms in total. The van der Waals surface area contributed by atoms with Crippen molar-refractivity contribution < 1.29 is 13.2 Å². The third-order valence-corrected chi connectivity index (χ3v) is 4.66. The van der Waals surface area contributed by atoms with Crippen LogP contribution < -0.4 is 11.3 Å². The highest BCUT2D eigenvalue weighted by atomic mass is 19.4. The van der Waals surface area contributed by atoms with E-state index in [-0.39, 0.29) is 24.8 Å². The number of benzene rings is 1. The summed E-state index contributed by atoms with van der Waals surface area (Å²) in [4.78, 5) is 0. The first-order chi connectivity index (χ1) is 9.91. The molecule has 0 radical (unpaired) electrons. The van der Waals surface area contributed by atoms with Gasteiger partial charge in [-0.1, -0.05) is 30.7 Å². The number of alkyl halides is 3. The summed E-state index contributed by atoms with van der Waals surface area (Å²) in [6.45, 7) is 2.02. The van der Waals surface area contributed by atoms with Gasteiger partial charge in [0.25, 0.3) is 0 Å². The summed E-state index contributed by atoms with van der Waals surface area (Å²) < 4.78 is 38.8. The molecule has 0 amide bonds. The Hall–Kier alpha value is -1.07.